The maximum absolute atomic E-state index is 13.0. The topological polar surface area (TPSA) is 110 Å². The first kappa shape index (κ1) is 12.6. The Morgan fingerprint density at radius 3 is 2.81 bits per heavy atom. The fourth-order valence-electron chi connectivity index (χ4n) is 0.922. The molecule has 0 radical (unpaired) electrons. The Balaban J connectivity index is 2.46. The van der Waals surface area contributed by atoms with Crippen LogP contribution in [0.25, 0.3) is 0 Å². The molecule has 9 heteroatoms. The van der Waals surface area contributed by atoms with Gasteiger partial charge in [0.2, 0.25) is 16.0 Å². The van der Waals surface area contributed by atoms with Crippen molar-refractivity contribution in [3.05, 3.63) is 12.0 Å². The molecule has 1 heterocycles. The van der Waals surface area contributed by atoms with Gasteiger partial charge in [0.1, 0.15) is 0 Å². The molecule has 0 spiro atoms. The molecule has 0 saturated heterocycles. The molecule has 0 fully saturated rings. The minimum absolute atomic E-state index is 0.0530. The van der Waals surface area contributed by atoms with Crippen molar-refractivity contribution in [3.63, 3.8) is 0 Å². The van der Waals surface area contributed by atoms with Gasteiger partial charge in [0.05, 0.1) is 12.5 Å². The van der Waals surface area contributed by atoms with Crippen LogP contribution < -0.4 is 15.8 Å². The molecule has 0 aliphatic rings. The summed E-state index contributed by atoms with van der Waals surface area (Å²) in [6, 6.07) is 0. The lowest BCUT2D eigenvalue weighted by molar-refractivity contribution is 0.588. The van der Waals surface area contributed by atoms with E-state index in [2.05, 4.69) is 20.0 Å². The number of hydrogen-bond donors (Lipinski definition) is 3. The summed E-state index contributed by atoms with van der Waals surface area (Å²) in [6.07, 6.45) is 1.98. The number of aromatic nitrogens is 2. The molecule has 0 aromatic carbocycles. The van der Waals surface area contributed by atoms with E-state index in [1.807, 2.05) is 0 Å². The lowest BCUT2D eigenvalue weighted by Gasteiger charge is -2.06. The SMILES string of the molecule is CS(=O)(=O)NCCNc1nc(N)ncc1F. The Hall–Kier alpha value is -1.48. The molecule has 0 aliphatic carbocycles. The smallest absolute Gasteiger partial charge is 0.222 e. The van der Waals surface area contributed by atoms with Crippen molar-refractivity contribution in [2.24, 2.45) is 0 Å². The average Bonchev–Trinajstić information content (AvgIpc) is 2.16. The summed E-state index contributed by atoms with van der Waals surface area (Å²) >= 11 is 0. The molecule has 7 nitrogen and oxygen atoms in total. The van der Waals surface area contributed by atoms with Crippen LogP contribution >= 0.6 is 0 Å². The van der Waals surface area contributed by atoms with E-state index in [-0.39, 0.29) is 24.9 Å². The van der Waals surface area contributed by atoms with Gasteiger partial charge in [0.15, 0.2) is 11.6 Å². The normalized spacial score (nSPS) is 11.4. The van der Waals surface area contributed by atoms with Gasteiger partial charge in [-0.25, -0.2) is 22.5 Å². The molecule has 0 amide bonds. The van der Waals surface area contributed by atoms with Gasteiger partial charge in [0, 0.05) is 13.1 Å². The van der Waals surface area contributed by atoms with Crippen molar-refractivity contribution in [1.82, 2.24) is 14.7 Å². The second kappa shape index (κ2) is 5.03. The van der Waals surface area contributed by atoms with Crippen LogP contribution in [0, 0.1) is 5.82 Å². The molecule has 4 N–H and O–H groups in total. The van der Waals surface area contributed by atoms with E-state index in [0.29, 0.717) is 0 Å². The number of rotatable bonds is 5. The van der Waals surface area contributed by atoms with E-state index < -0.39 is 15.8 Å². The number of anilines is 2. The molecule has 1 rings (SSSR count). The van der Waals surface area contributed by atoms with E-state index in [9.17, 15) is 12.8 Å². The van der Waals surface area contributed by atoms with Crippen LogP contribution in [0.15, 0.2) is 6.20 Å². The highest BCUT2D eigenvalue weighted by Gasteiger charge is 2.05. The summed E-state index contributed by atoms with van der Waals surface area (Å²) in [5.74, 6) is -0.753. The third-order valence-corrected chi connectivity index (χ3v) is 2.27. The Morgan fingerprint density at radius 2 is 2.19 bits per heavy atom. The summed E-state index contributed by atoms with van der Waals surface area (Å²) in [5.41, 5.74) is 5.26. The van der Waals surface area contributed by atoms with Gasteiger partial charge in [-0.1, -0.05) is 0 Å². The fraction of sp³-hybridized carbons (Fsp3) is 0.429. The molecule has 0 bridgehead atoms. The fourth-order valence-corrected chi connectivity index (χ4v) is 1.39. The van der Waals surface area contributed by atoms with Crippen molar-refractivity contribution in [3.8, 4) is 0 Å². The molecule has 90 valence electrons. The van der Waals surface area contributed by atoms with Crippen molar-refractivity contribution in [2.75, 3.05) is 30.4 Å². The zero-order valence-electron chi connectivity index (χ0n) is 8.57. The first-order valence-electron chi connectivity index (χ1n) is 4.35. The van der Waals surface area contributed by atoms with Gasteiger partial charge in [-0.2, -0.15) is 4.98 Å². The lowest BCUT2D eigenvalue weighted by Crippen LogP contribution is -2.28. The van der Waals surface area contributed by atoms with Crippen LogP contribution in [0.2, 0.25) is 0 Å². The van der Waals surface area contributed by atoms with Crippen LogP contribution in [-0.2, 0) is 10.0 Å². The monoisotopic (exact) mass is 249 g/mol. The van der Waals surface area contributed by atoms with Gasteiger partial charge in [-0.05, 0) is 0 Å². The zero-order valence-corrected chi connectivity index (χ0v) is 9.38. The number of nitrogens with one attached hydrogen (secondary N) is 2. The van der Waals surface area contributed by atoms with Crippen molar-refractivity contribution >= 4 is 21.8 Å². The summed E-state index contributed by atoms with van der Waals surface area (Å²) in [4.78, 5) is 7.06. The Morgan fingerprint density at radius 1 is 1.50 bits per heavy atom. The Kier molecular flexibility index (Phi) is 3.96. The minimum Gasteiger partial charge on any atom is -0.368 e. The second-order valence-electron chi connectivity index (χ2n) is 3.02. The van der Waals surface area contributed by atoms with Crippen molar-refractivity contribution in [1.29, 1.82) is 0 Å². The minimum atomic E-state index is -3.24. The van der Waals surface area contributed by atoms with E-state index in [4.69, 9.17) is 5.73 Å². The largest absolute Gasteiger partial charge is 0.368 e. The summed E-state index contributed by atoms with van der Waals surface area (Å²) < 4.78 is 36.7. The standard InChI is InChI=1S/C7H12FN5O2S/c1-16(14,15)12-3-2-10-6-5(8)4-11-7(9)13-6/h4,12H,2-3H2,1H3,(H3,9,10,11,13). The maximum atomic E-state index is 13.0. The number of nitrogens with zero attached hydrogens (tertiary/aromatic N) is 2. The van der Waals surface area contributed by atoms with Gasteiger partial charge in [-0.15, -0.1) is 0 Å². The number of halogens is 1. The molecular formula is C7H12FN5O2S. The van der Waals surface area contributed by atoms with Crippen molar-refractivity contribution in [2.45, 2.75) is 0 Å². The average molecular weight is 249 g/mol. The Labute approximate surface area is 92.3 Å². The quantitative estimate of drug-likeness (QED) is 0.587. The predicted molar refractivity (Wildman–Crippen MR) is 57.7 cm³/mol. The number of hydrogen-bond acceptors (Lipinski definition) is 6. The highest BCUT2D eigenvalue weighted by molar-refractivity contribution is 7.88. The number of nitrogen functional groups attached to an aromatic ring is 1. The van der Waals surface area contributed by atoms with Gasteiger partial charge in [-0.3, -0.25) is 0 Å². The Bertz CT molecular complexity index is 464. The molecule has 1 aromatic heterocycles. The van der Waals surface area contributed by atoms with E-state index in [1.54, 1.807) is 0 Å². The summed E-state index contributed by atoms with van der Waals surface area (Å²) in [6.45, 7) is 0.322. The summed E-state index contributed by atoms with van der Waals surface area (Å²) in [5, 5.41) is 2.59. The van der Waals surface area contributed by atoms with E-state index in [1.165, 1.54) is 0 Å². The van der Waals surface area contributed by atoms with Crippen LogP contribution in [0.3, 0.4) is 0 Å². The molecule has 0 atom stereocenters. The zero-order chi connectivity index (χ0) is 12.2. The van der Waals surface area contributed by atoms with E-state index >= 15 is 0 Å². The van der Waals surface area contributed by atoms with Crippen molar-refractivity contribution < 1.29 is 12.8 Å². The number of nitrogens with two attached hydrogens (primary N) is 1. The van der Waals surface area contributed by atoms with Crippen LogP contribution in [0.5, 0.6) is 0 Å². The maximum Gasteiger partial charge on any atom is 0.222 e. The van der Waals surface area contributed by atoms with E-state index in [0.717, 1.165) is 12.5 Å². The molecule has 1 aromatic rings. The van der Waals surface area contributed by atoms with Crippen LogP contribution in [-0.4, -0.2) is 37.7 Å². The first-order chi connectivity index (χ1) is 7.38. The predicted octanol–water partition coefficient (Wildman–Crippen LogP) is -0.841. The molecular weight excluding hydrogens is 237 g/mol. The van der Waals surface area contributed by atoms with Crippen LogP contribution in [0.1, 0.15) is 0 Å². The van der Waals surface area contributed by atoms with Crippen LogP contribution in [0.4, 0.5) is 16.2 Å². The third-order valence-electron chi connectivity index (χ3n) is 1.54. The second-order valence-corrected chi connectivity index (χ2v) is 4.85. The highest BCUT2D eigenvalue weighted by atomic mass is 32.2. The molecule has 0 aliphatic heterocycles. The molecule has 0 unspecified atom stereocenters. The molecule has 16 heavy (non-hydrogen) atoms. The van der Waals surface area contributed by atoms with Gasteiger partial charge < -0.3 is 11.1 Å². The van der Waals surface area contributed by atoms with Gasteiger partial charge >= 0.3 is 0 Å². The highest BCUT2D eigenvalue weighted by Crippen LogP contribution is 2.08. The third kappa shape index (κ3) is 4.36. The number of sulfonamides is 1. The molecule has 0 saturated carbocycles. The van der Waals surface area contributed by atoms with Gasteiger partial charge in [0.25, 0.3) is 0 Å². The first-order valence-corrected chi connectivity index (χ1v) is 6.24. The summed E-state index contributed by atoms with van der Waals surface area (Å²) in [7, 11) is -3.24. The lowest BCUT2D eigenvalue weighted by atomic mass is 10.5.